The predicted molar refractivity (Wildman–Crippen MR) is 119 cm³/mol. The zero-order chi connectivity index (χ0) is 21.1. The topological polar surface area (TPSA) is 69.7 Å². The lowest BCUT2D eigenvalue weighted by Crippen LogP contribution is -2.32. The first-order valence-corrected chi connectivity index (χ1v) is 11.4. The summed E-state index contributed by atoms with van der Waals surface area (Å²) < 4.78 is 0. The molecular formula is C23H25N3O3S. The molecule has 0 saturated carbocycles. The SMILES string of the molecule is CSc1ccc(N2CC(C(=O)NCc3cccc(N4CCCC4=O)c3)CC2=O)cc1. The van der Waals surface area contributed by atoms with Crippen molar-refractivity contribution in [3.63, 3.8) is 0 Å². The Kier molecular flexibility index (Phi) is 6.08. The number of hydrogen-bond donors (Lipinski definition) is 1. The Balaban J connectivity index is 1.35. The van der Waals surface area contributed by atoms with Crippen LogP contribution in [0.25, 0.3) is 0 Å². The molecule has 0 spiro atoms. The van der Waals surface area contributed by atoms with Crippen molar-refractivity contribution in [2.24, 2.45) is 5.92 Å². The van der Waals surface area contributed by atoms with Gasteiger partial charge in [0.2, 0.25) is 17.7 Å². The molecule has 2 aromatic carbocycles. The van der Waals surface area contributed by atoms with Gasteiger partial charge in [-0.05, 0) is 54.6 Å². The summed E-state index contributed by atoms with van der Waals surface area (Å²) in [7, 11) is 0. The molecular weight excluding hydrogens is 398 g/mol. The third kappa shape index (κ3) is 4.36. The van der Waals surface area contributed by atoms with Crippen molar-refractivity contribution in [3.05, 3.63) is 54.1 Å². The number of hydrogen-bond acceptors (Lipinski definition) is 4. The van der Waals surface area contributed by atoms with E-state index in [-0.39, 0.29) is 30.1 Å². The molecule has 0 aliphatic carbocycles. The Labute approximate surface area is 180 Å². The van der Waals surface area contributed by atoms with Gasteiger partial charge in [-0.3, -0.25) is 14.4 Å². The van der Waals surface area contributed by atoms with Gasteiger partial charge in [-0.1, -0.05) is 12.1 Å². The van der Waals surface area contributed by atoms with Crippen molar-refractivity contribution in [1.29, 1.82) is 0 Å². The highest BCUT2D eigenvalue weighted by molar-refractivity contribution is 7.98. The van der Waals surface area contributed by atoms with Crippen molar-refractivity contribution < 1.29 is 14.4 Å². The first kappa shape index (κ1) is 20.5. The maximum atomic E-state index is 12.7. The van der Waals surface area contributed by atoms with E-state index in [0.29, 0.717) is 19.5 Å². The average molecular weight is 424 g/mol. The van der Waals surface area contributed by atoms with Crippen LogP contribution in [0.3, 0.4) is 0 Å². The van der Waals surface area contributed by atoms with E-state index in [9.17, 15) is 14.4 Å². The van der Waals surface area contributed by atoms with E-state index in [1.54, 1.807) is 21.6 Å². The minimum atomic E-state index is -0.360. The van der Waals surface area contributed by atoms with Crippen LogP contribution in [0.1, 0.15) is 24.8 Å². The molecule has 2 fully saturated rings. The fraction of sp³-hybridized carbons (Fsp3) is 0.348. The van der Waals surface area contributed by atoms with Gasteiger partial charge in [0, 0.05) is 48.7 Å². The maximum absolute atomic E-state index is 12.7. The minimum Gasteiger partial charge on any atom is -0.352 e. The van der Waals surface area contributed by atoms with Crippen LogP contribution in [0, 0.1) is 5.92 Å². The monoisotopic (exact) mass is 423 g/mol. The smallest absolute Gasteiger partial charge is 0.227 e. The van der Waals surface area contributed by atoms with Crippen LogP contribution in [0.2, 0.25) is 0 Å². The summed E-state index contributed by atoms with van der Waals surface area (Å²) in [6, 6.07) is 15.5. The van der Waals surface area contributed by atoms with Gasteiger partial charge < -0.3 is 15.1 Å². The predicted octanol–water partition coefficient (Wildman–Crippen LogP) is 3.20. The van der Waals surface area contributed by atoms with Gasteiger partial charge in [0.15, 0.2) is 0 Å². The van der Waals surface area contributed by atoms with Gasteiger partial charge in [0.1, 0.15) is 0 Å². The average Bonchev–Trinajstić information content (AvgIpc) is 3.38. The van der Waals surface area contributed by atoms with Crippen LogP contribution < -0.4 is 15.1 Å². The summed E-state index contributed by atoms with van der Waals surface area (Å²) in [5, 5.41) is 2.96. The molecule has 6 nitrogen and oxygen atoms in total. The van der Waals surface area contributed by atoms with E-state index in [1.165, 1.54) is 0 Å². The summed E-state index contributed by atoms with van der Waals surface area (Å²) in [6.07, 6.45) is 3.70. The fourth-order valence-electron chi connectivity index (χ4n) is 3.98. The Morgan fingerprint density at radius 2 is 1.87 bits per heavy atom. The molecule has 1 atom stereocenters. The molecule has 1 unspecified atom stereocenters. The number of benzene rings is 2. The second-order valence-corrected chi connectivity index (χ2v) is 8.52. The molecule has 0 aromatic heterocycles. The number of amides is 3. The lowest BCUT2D eigenvalue weighted by atomic mass is 10.1. The molecule has 2 aromatic rings. The second-order valence-electron chi connectivity index (χ2n) is 7.64. The molecule has 2 heterocycles. The summed E-state index contributed by atoms with van der Waals surface area (Å²) >= 11 is 1.65. The molecule has 156 valence electrons. The molecule has 2 aliphatic heterocycles. The van der Waals surface area contributed by atoms with E-state index in [1.807, 2.05) is 54.8 Å². The summed E-state index contributed by atoms with van der Waals surface area (Å²) in [6.45, 7) is 1.51. The largest absolute Gasteiger partial charge is 0.352 e. The summed E-state index contributed by atoms with van der Waals surface area (Å²) in [4.78, 5) is 41.7. The van der Waals surface area contributed by atoms with Crippen molar-refractivity contribution in [2.45, 2.75) is 30.7 Å². The zero-order valence-electron chi connectivity index (χ0n) is 17.0. The van der Waals surface area contributed by atoms with Gasteiger partial charge >= 0.3 is 0 Å². The first-order chi connectivity index (χ1) is 14.5. The van der Waals surface area contributed by atoms with E-state index in [2.05, 4.69) is 5.32 Å². The standard InChI is InChI=1S/C23H25N3O3S/c1-30-20-9-7-18(8-10-20)26-15-17(13-22(26)28)23(29)24-14-16-4-2-5-19(12-16)25-11-3-6-21(25)27/h2,4-5,7-10,12,17H,3,6,11,13-15H2,1H3,(H,24,29). The highest BCUT2D eigenvalue weighted by Crippen LogP contribution is 2.27. The third-order valence-electron chi connectivity index (χ3n) is 5.64. The van der Waals surface area contributed by atoms with Gasteiger partial charge in [0.25, 0.3) is 0 Å². The van der Waals surface area contributed by atoms with E-state index in [0.717, 1.165) is 34.8 Å². The summed E-state index contributed by atoms with van der Waals surface area (Å²) in [5.41, 5.74) is 2.64. The van der Waals surface area contributed by atoms with Crippen molar-refractivity contribution in [2.75, 3.05) is 29.1 Å². The molecule has 2 saturated heterocycles. The van der Waals surface area contributed by atoms with Gasteiger partial charge in [0.05, 0.1) is 5.92 Å². The third-order valence-corrected chi connectivity index (χ3v) is 6.39. The van der Waals surface area contributed by atoms with Crippen LogP contribution >= 0.6 is 11.8 Å². The molecule has 3 amide bonds. The molecule has 4 rings (SSSR count). The quantitative estimate of drug-likeness (QED) is 0.725. The number of nitrogens with one attached hydrogen (secondary N) is 1. The summed E-state index contributed by atoms with van der Waals surface area (Å²) in [5.74, 6) is -0.358. The van der Waals surface area contributed by atoms with Gasteiger partial charge in [-0.15, -0.1) is 11.8 Å². The van der Waals surface area contributed by atoms with Crippen LogP contribution in [0.15, 0.2) is 53.4 Å². The minimum absolute atomic E-state index is 0.0263. The highest BCUT2D eigenvalue weighted by atomic mass is 32.2. The van der Waals surface area contributed by atoms with Crippen LogP contribution in [0.5, 0.6) is 0 Å². The lowest BCUT2D eigenvalue weighted by Gasteiger charge is -2.18. The van der Waals surface area contributed by atoms with Crippen molar-refractivity contribution in [1.82, 2.24) is 5.32 Å². The Bertz CT molecular complexity index is 960. The molecule has 2 aliphatic rings. The number of nitrogens with zero attached hydrogens (tertiary/aromatic N) is 2. The van der Waals surface area contributed by atoms with Crippen LogP contribution in [-0.4, -0.2) is 37.1 Å². The molecule has 30 heavy (non-hydrogen) atoms. The van der Waals surface area contributed by atoms with Crippen molar-refractivity contribution in [3.8, 4) is 0 Å². The lowest BCUT2D eigenvalue weighted by molar-refractivity contribution is -0.126. The normalized spacial score (nSPS) is 18.9. The fourth-order valence-corrected chi connectivity index (χ4v) is 4.39. The zero-order valence-corrected chi connectivity index (χ0v) is 17.8. The van der Waals surface area contributed by atoms with Crippen LogP contribution in [-0.2, 0) is 20.9 Å². The number of anilines is 2. The number of carbonyl (C=O) groups is 3. The van der Waals surface area contributed by atoms with Gasteiger partial charge in [-0.2, -0.15) is 0 Å². The van der Waals surface area contributed by atoms with Crippen molar-refractivity contribution >= 4 is 40.9 Å². The molecule has 0 radical (unpaired) electrons. The Morgan fingerprint density at radius 1 is 1.07 bits per heavy atom. The Hall–Kier alpha value is -2.80. The Morgan fingerprint density at radius 3 is 2.57 bits per heavy atom. The second kappa shape index (κ2) is 8.92. The van der Waals surface area contributed by atoms with Crippen LogP contribution in [0.4, 0.5) is 11.4 Å². The number of carbonyl (C=O) groups excluding carboxylic acids is 3. The van der Waals surface area contributed by atoms with E-state index < -0.39 is 0 Å². The maximum Gasteiger partial charge on any atom is 0.227 e. The molecule has 7 heteroatoms. The number of rotatable bonds is 6. The molecule has 0 bridgehead atoms. The highest BCUT2D eigenvalue weighted by Gasteiger charge is 2.35. The van der Waals surface area contributed by atoms with E-state index in [4.69, 9.17) is 0 Å². The first-order valence-electron chi connectivity index (χ1n) is 10.2. The van der Waals surface area contributed by atoms with Gasteiger partial charge in [-0.25, -0.2) is 0 Å². The van der Waals surface area contributed by atoms with E-state index >= 15 is 0 Å². The number of thioether (sulfide) groups is 1. The molecule has 1 N–H and O–H groups in total.